The summed E-state index contributed by atoms with van der Waals surface area (Å²) >= 11 is 0. The molecule has 8 nitrogen and oxygen atoms in total. The third-order valence-electron chi connectivity index (χ3n) is 5.48. The van der Waals surface area contributed by atoms with Crippen molar-refractivity contribution >= 4 is 29.3 Å². The molecular formula is C27H34N2O6. The Labute approximate surface area is 207 Å². The van der Waals surface area contributed by atoms with E-state index in [9.17, 15) is 4.79 Å². The molecule has 0 saturated carbocycles. The number of ketones is 1. The van der Waals surface area contributed by atoms with E-state index in [0.29, 0.717) is 29.2 Å². The number of rotatable bonds is 8. The predicted molar refractivity (Wildman–Crippen MR) is 138 cm³/mol. The highest BCUT2D eigenvalue weighted by Gasteiger charge is 2.41. The Balaban J connectivity index is 2.08. The van der Waals surface area contributed by atoms with E-state index in [1.54, 1.807) is 33.3 Å². The normalized spacial score (nSPS) is 19.8. The molecule has 0 spiro atoms. The highest BCUT2D eigenvalue weighted by molar-refractivity contribution is 6.11. The zero-order valence-electron chi connectivity index (χ0n) is 21.7. The average Bonchev–Trinajstić information content (AvgIpc) is 2.82. The zero-order valence-corrected chi connectivity index (χ0v) is 21.7. The Hall–Kier alpha value is -3.65. The lowest BCUT2D eigenvalue weighted by Crippen LogP contribution is -2.42. The molecule has 0 atom stereocenters. The van der Waals surface area contributed by atoms with Crippen molar-refractivity contribution in [1.29, 1.82) is 0 Å². The number of Topliss-reactive ketones (excluding diaryl/α,β-unsaturated/α-hetero) is 1. The van der Waals surface area contributed by atoms with Crippen LogP contribution in [0.15, 0.2) is 47.9 Å². The largest absolute Gasteiger partial charge is 0.496 e. The molecule has 1 heterocycles. The Morgan fingerprint density at radius 1 is 0.829 bits per heavy atom. The summed E-state index contributed by atoms with van der Waals surface area (Å²) in [5, 5.41) is 0. The molecule has 3 rings (SSSR count). The van der Waals surface area contributed by atoms with E-state index in [-0.39, 0.29) is 11.5 Å². The molecule has 8 heteroatoms. The third kappa shape index (κ3) is 5.89. The van der Waals surface area contributed by atoms with Crippen LogP contribution in [0.2, 0.25) is 0 Å². The van der Waals surface area contributed by atoms with Gasteiger partial charge in [-0.15, -0.1) is 0 Å². The van der Waals surface area contributed by atoms with Crippen LogP contribution in [0.1, 0.15) is 25.0 Å². The molecule has 35 heavy (non-hydrogen) atoms. The summed E-state index contributed by atoms with van der Waals surface area (Å²) in [6, 6.07) is 11.4. The summed E-state index contributed by atoms with van der Waals surface area (Å²) < 4.78 is 28.6. The first-order valence-corrected chi connectivity index (χ1v) is 11.3. The van der Waals surface area contributed by atoms with E-state index in [0.717, 1.165) is 11.4 Å². The van der Waals surface area contributed by atoms with Crippen LogP contribution >= 0.6 is 0 Å². The number of hydrogen-bond acceptors (Lipinski definition) is 8. The Kier molecular flexibility index (Phi) is 7.96. The van der Waals surface area contributed by atoms with Gasteiger partial charge in [0.05, 0.1) is 20.8 Å². The van der Waals surface area contributed by atoms with Crippen LogP contribution in [-0.4, -0.2) is 60.8 Å². The molecular weight excluding hydrogens is 448 g/mol. The molecule has 0 bridgehead atoms. The minimum Gasteiger partial charge on any atom is -0.496 e. The lowest BCUT2D eigenvalue weighted by atomic mass is 10.1. The summed E-state index contributed by atoms with van der Waals surface area (Å²) in [4.78, 5) is 17.4. The highest BCUT2D eigenvalue weighted by atomic mass is 16.9. The van der Waals surface area contributed by atoms with Gasteiger partial charge >= 0.3 is 5.97 Å². The second-order valence-corrected chi connectivity index (χ2v) is 8.49. The van der Waals surface area contributed by atoms with Gasteiger partial charge in [-0.25, -0.2) is 0 Å². The number of methoxy groups -OCH3 is 2. The van der Waals surface area contributed by atoms with Gasteiger partial charge in [0, 0.05) is 69.7 Å². The summed E-state index contributed by atoms with van der Waals surface area (Å²) in [5.41, 5.74) is 3.32. The fraction of sp³-hybridized carbons (Fsp3) is 0.370. The average molecular weight is 483 g/mol. The molecule has 0 aliphatic carbocycles. The van der Waals surface area contributed by atoms with Crippen LogP contribution in [0.25, 0.3) is 12.2 Å². The van der Waals surface area contributed by atoms with Crippen LogP contribution in [0.3, 0.4) is 0 Å². The number of carbonyl (C=O) groups excluding carboxylic acids is 1. The molecule has 2 aromatic rings. The van der Waals surface area contributed by atoms with Crippen molar-refractivity contribution in [2.24, 2.45) is 0 Å². The van der Waals surface area contributed by atoms with Gasteiger partial charge < -0.3 is 33.5 Å². The van der Waals surface area contributed by atoms with Gasteiger partial charge in [-0.05, 0) is 43.3 Å². The first kappa shape index (κ1) is 26.0. The minimum atomic E-state index is -1.48. The maximum Gasteiger partial charge on any atom is 0.368 e. The fourth-order valence-corrected chi connectivity index (χ4v) is 3.62. The lowest BCUT2D eigenvalue weighted by molar-refractivity contribution is -0.343. The quantitative estimate of drug-likeness (QED) is 0.508. The van der Waals surface area contributed by atoms with Gasteiger partial charge in [0.1, 0.15) is 11.5 Å². The maximum atomic E-state index is 13.4. The number of ether oxygens (including phenoxy) is 5. The van der Waals surface area contributed by atoms with Crippen molar-refractivity contribution in [2.45, 2.75) is 19.8 Å². The van der Waals surface area contributed by atoms with Crippen molar-refractivity contribution in [1.82, 2.24) is 0 Å². The van der Waals surface area contributed by atoms with Crippen molar-refractivity contribution in [3.63, 3.8) is 0 Å². The first-order chi connectivity index (χ1) is 16.6. The van der Waals surface area contributed by atoms with Gasteiger partial charge in [0.25, 0.3) is 5.78 Å². The second-order valence-electron chi connectivity index (χ2n) is 8.49. The third-order valence-corrected chi connectivity index (χ3v) is 5.48. The van der Waals surface area contributed by atoms with Crippen molar-refractivity contribution in [3.05, 3.63) is 59.0 Å². The standard InChI is InChI=1S/C27H34N2O6/c1-9-33-27(2)34-24(14-18-10-12-20(28(3)4)16-22(18)31-7)26(30)25(35-27)15-19-11-13-21(29(5)6)17-23(19)32-8/h10-17H,9H2,1-8H3/b24-14-,25-15-. The SMILES string of the molecule is CCOC1(C)O/C(=C\c2ccc(N(C)C)cc2OC)C(=O)/C(=C/c2ccc(N(C)C)cc2OC)O1. The summed E-state index contributed by atoms with van der Waals surface area (Å²) in [6.45, 7) is 3.78. The van der Waals surface area contributed by atoms with Gasteiger partial charge in [-0.3, -0.25) is 4.79 Å². The Morgan fingerprint density at radius 3 is 1.60 bits per heavy atom. The van der Waals surface area contributed by atoms with E-state index >= 15 is 0 Å². The van der Waals surface area contributed by atoms with E-state index in [1.165, 1.54) is 0 Å². The van der Waals surface area contributed by atoms with Crippen LogP contribution in [0.4, 0.5) is 11.4 Å². The van der Waals surface area contributed by atoms with Gasteiger partial charge in [-0.1, -0.05) is 0 Å². The first-order valence-electron chi connectivity index (χ1n) is 11.3. The Morgan fingerprint density at radius 2 is 1.26 bits per heavy atom. The number of carbonyl (C=O) groups is 1. The highest BCUT2D eigenvalue weighted by Crippen LogP contribution is 2.36. The number of nitrogens with zero attached hydrogens (tertiary/aromatic N) is 2. The van der Waals surface area contributed by atoms with Gasteiger partial charge in [0.15, 0.2) is 11.5 Å². The number of benzene rings is 2. The van der Waals surface area contributed by atoms with Crippen LogP contribution < -0.4 is 19.3 Å². The molecule has 1 aliphatic rings. The zero-order chi connectivity index (χ0) is 25.8. The smallest absolute Gasteiger partial charge is 0.368 e. The molecule has 2 aromatic carbocycles. The van der Waals surface area contributed by atoms with Crippen LogP contribution in [-0.2, 0) is 19.0 Å². The molecule has 0 radical (unpaired) electrons. The number of anilines is 2. The van der Waals surface area contributed by atoms with E-state index in [2.05, 4.69) is 0 Å². The summed E-state index contributed by atoms with van der Waals surface area (Å²) in [6.07, 6.45) is 3.28. The minimum absolute atomic E-state index is 0.0817. The maximum absolute atomic E-state index is 13.4. The van der Waals surface area contributed by atoms with E-state index in [1.807, 2.05) is 81.3 Å². The fourth-order valence-electron chi connectivity index (χ4n) is 3.62. The summed E-state index contributed by atoms with van der Waals surface area (Å²) in [5.74, 6) is -0.517. The predicted octanol–water partition coefficient (Wildman–Crippen LogP) is 4.54. The monoisotopic (exact) mass is 482 g/mol. The van der Waals surface area contributed by atoms with Crippen molar-refractivity contribution < 1.29 is 28.5 Å². The summed E-state index contributed by atoms with van der Waals surface area (Å²) in [7, 11) is 11.0. The van der Waals surface area contributed by atoms with Crippen molar-refractivity contribution in [3.8, 4) is 11.5 Å². The molecule has 1 fully saturated rings. The lowest BCUT2D eigenvalue weighted by Gasteiger charge is -2.35. The molecule has 0 aromatic heterocycles. The van der Waals surface area contributed by atoms with Gasteiger partial charge in [0.2, 0.25) is 0 Å². The molecule has 1 saturated heterocycles. The van der Waals surface area contributed by atoms with E-state index < -0.39 is 11.8 Å². The molecule has 188 valence electrons. The molecule has 0 unspecified atom stereocenters. The molecule has 1 aliphatic heterocycles. The van der Waals surface area contributed by atoms with E-state index in [4.69, 9.17) is 23.7 Å². The topological polar surface area (TPSA) is 69.7 Å². The second kappa shape index (κ2) is 10.7. The Bertz CT molecular complexity index is 1050. The van der Waals surface area contributed by atoms with Crippen LogP contribution in [0, 0.1) is 0 Å². The van der Waals surface area contributed by atoms with Crippen LogP contribution in [0.5, 0.6) is 11.5 Å². The van der Waals surface area contributed by atoms with Crippen molar-refractivity contribution in [2.75, 3.05) is 58.8 Å². The molecule has 0 amide bonds. The number of hydrogen-bond donors (Lipinski definition) is 0. The van der Waals surface area contributed by atoms with Gasteiger partial charge in [-0.2, -0.15) is 0 Å². The molecule has 0 N–H and O–H groups in total.